The summed E-state index contributed by atoms with van der Waals surface area (Å²) < 4.78 is 17.1. The molecule has 3 aliphatic rings. The zero-order chi connectivity index (χ0) is 19.0. The Morgan fingerprint density at radius 1 is 1.37 bits per heavy atom. The van der Waals surface area contributed by atoms with E-state index in [1.54, 1.807) is 11.5 Å². The summed E-state index contributed by atoms with van der Waals surface area (Å²) in [5.41, 5.74) is -0.420. The van der Waals surface area contributed by atoms with Crippen LogP contribution >= 0.6 is 0 Å². The van der Waals surface area contributed by atoms with E-state index in [-0.39, 0.29) is 40.5 Å². The first-order chi connectivity index (χ1) is 12.9. The number of aryl methyl sites for hydroxylation is 1. The van der Waals surface area contributed by atoms with Crippen molar-refractivity contribution in [3.05, 3.63) is 33.4 Å². The fraction of sp³-hybridized carbons (Fsp3) is 0.526. The second-order valence-corrected chi connectivity index (χ2v) is 7.94. The third-order valence-electron chi connectivity index (χ3n) is 6.29. The Labute approximate surface area is 154 Å². The number of aromatic carboxylic acids is 1. The molecule has 3 atom stereocenters. The highest BCUT2D eigenvalue weighted by atomic mass is 19.1. The largest absolute Gasteiger partial charge is 0.477 e. The van der Waals surface area contributed by atoms with Crippen molar-refractivity contribution in [1.29, 1.82) is 0 Å². The van der Waals surface area contributed by atoms with Crippen LogP contribution in [-0.4, -0.2) is 45.3 Å². The molecule has 3 fully saturated rings. The van der Waals surface area contributed by atoms with Crippen LogP contribution in [0, 0.1) is 12.7 Å². The number of nitrogens with zero attached hydrogens (tertiary/aromatic N) is 3. The number of pyridine rings is 2. The van der Waals surface area contributed by atoms with Crippen molar-refractivity contribution in [3.63, 3.8) is 0 Å². The maximum absolute atomic E-state index is 15.3. The van der Waals surface area contributed by atoms with Gasteiger partial charge in [0.15, 0.2) is 11.6 Å². The minimum atomic E-state index is -1.29. The van der Waals surface area contributed by atoms with Gasteiger partial charge in [-0.15, -0.1) is 0 Å². The maximum Gasteiger partial charge on any atom is 0.341 e. The first kappa shape index (κ1) is 16.7. The fourth-order valence-electron chi connectivity index (χ4n) is 4.68. The van der Waals surface area contributed by atoms with E-state index in [0.29, 0.717) is 11.7 Å². The molecule has 2 aliphatic heterocycles. The van der Waals surface area contributed by atoms with Gasteiger partial charge < -0.3 is 19.9 Å². The number of carboxylic acid groups (broad SMARTS) is 1. The number of piperazine rings is 1. The first-order valence-corrected chi connectivity index (χ1v) is 9.38. The number of hydrogen-bond acceptors (Lipinski definition) is 5. The van der Waals surface area contributed by atoms with Crippen LogP contribution in [0.5, 0.6) is 0 Å². The summed E-state index contributed by atoms with van der Waals surface area (Å²) in [6.45, 7) is 4.39. The summed E-state index contributed by atoms with van der Waals surface area (Å²) >= 11 is 0. The Bertz CT molecular complexity index is 1040. The SMILES string of the molecule is Cc1c(F)c(N2[C@H]3CN[C@H](C3)[C@H]2C)nc2c1c(=O)c(C(=O)O)cn2C1CC1. The molecular weight excluding hydrogens is 351 g/mol. The summed E-state index contributed by atoms with van der Waals surface area (Å²) in [5, 5.41) is 12.9. The van der Waals surface area contributed by atoms with Gasteiger partial charge in [0, 0.05) is 42.5 Å². The molecular formula is C19H21FN4O3. The molecule has 2 N–H and O–H groups in total. The lowest BCUT2D eigenvalue weighted by Gasteiger charge is -2.35. The molecule has 0 amide bonds. The zero-order valence-corrected chi connectivity index (χ0v) is 15.2. The van der Waals surface area contributed by atoms with Gasteiger partial charge in [-0.25, -0.2) is 14.2 Å². The molecule has 7 nitrogen and oxygen atoms in total. The smallest absolute Gasteiger partial charge is 0.341 e. The van der Waals surface area contributed by atoms with E-state index >= 15 is 4.39 Å². The van der Waals surface area contributed by atoms with E-state index in [1.807, 2.05) is 4.90 Å². The van der Waals surface area contributed by atoms with Crippen LogP contribution in [0.3, 0.4) is 0 Å². The van der Waals surface area contributed by atoms with Crippen LogP contribution < -0.4 is 15.6 Å². The van der Waals surface area contributed by atoms with Gasteiger partial charge in [0.2, 0.25) is 5.43 Å². The van der Waals surface area contributed by atoms with Crippen LogP contribution in [0.1, 0.15) is 48.1 Å². The summed E-state index contributed by atoms with van der Waals surface area (Å²) in [7, 11) is 0. The predicted octanol–water partition coefficient (Wildman–Crippen LogP) is 1.82. The molecule has 0 radical (unpaired) electrons. The molecule has 1 saturated carbocycles. The molecule has 2 saturated heterocycles. The standard InChI is InChI=1S/C19H21FN4O3/c1-8-14-16(25)12(19(26)27)7-23(10-3-4-10)17(14)22-18(15(8)20)24-9(2)13-5-11(24)6-21-13/h7,9-11,13,21H,3-6H2,1-2H3,(H,26,27)/t9-,11-,13-/m1/s1. The quantitative estimate of drug-likeness (QED) is 0.855. The summed E-state index contributed by atoms with van der Waals surface area (Å²) in [5.74, 6) is -1.54. The zero-order valence-electron chi connectivity index (χ0n) is 15.2. The third kappa shape index (κ3) is 2.25. The lowest BCUT2D eigenvalue weighted by atomic mass is 10.1. The minimum absolute atomic E-state index is 0.0817. The highest BCUT2D eigenvalue weighted by Gasteiger charge is 2.45. The van der Waals surface area contributed by atoms with Gasteiger partial charge in [0.05, 0.1) is 5.39 Å². The van der Waals surface area contributed by atoms with Gasteiger partial charge >= 0.3 is 5.97 Å². The van der Waals surface area contributed by atoms with Crippen LogP contribution in [0.4, 0.5) is 10.2 Å². The van der Waals surface area contributed by atoms with E-state index in [9.17, 15) is 14.7 Å². The first-order valence-electron chi connectivity index (χ1n) is 9.38. The number of halogens is 1. The Morgan fingerprint density at radius 3 is 2.70 bits per heavy atom. The molecule has 27 heavy (non-hydrogen) atoms. The Kier molecular flexibility index (Phi) is 3.40. The van der Waals surface area contributed by atoms with Crippen molar-refractivity contribution in [2.75, 3.05) is 11.4 Å². The monoisotopic (exact) mass is 372 g/mol. The van der Waals surface area contributed by atoms with Crippen LogP contribution in [0.25, 0.3) is 11.0 Å². The van der Waals surface area contributed by atoms with Gasteiger partial charge in [-0.2, -0.15) is 0 Å². The van der Waals surface area contributed by atoms with E-state index in [2.05, 4.69) is 17.2 Å². The minimum Gasteiger partial charge on any atom is -0.477 e. The van der Waals surface area contributed by atoms with E-state index in [1.165, 1.54) is 6.20 Å². The lowest BCUT2D eigenvalue weighted by Crippen LogP contribution is -2.50. The Hall–Kier alpha value is -2.48. The molecule has 8 heteroatoms. The van der Waals surface area contributed by atoms with Gasteiger partial charge in [-0.1, -0.05) is 0 Å². The molecule has 2 bridgehead atoms. The van der Waals surface area contributed by atoms with Gasteiger partial charge in [0.1, 0.15) is 11.2 Å². The number of carbonyl (C=O) groups is 1. The summed E-state index contributed by atoms with van der Waals surface area (Å²) in [6.07, 6.45) is 4.13. The summed E-state index contributed by atoms with van der Waals surface area (Å²) in [4.78, 5) is 30.9. The molecule has 142 valence electrons. The van der Waals surface area contributed by atoms with Gasteiger partial charge in [-0.3, -0.25) is 4.79 Å². The van der Waals surface area contributed by atoms with E-state index in [0.717, 1.165) is 25.8 Å². The highest BCUT2D eigenvalue weighted by Crippen LogP contribution is 2.40. The third-order valence-corrected chi connectivity index (χ3v) is 6.29. The number of carboxylic acids is 1. The van der Waals surface area contributed by atoms with Crippen molar-refractivity contribution in [3.8, 4) is 0 Å². The average molecular weight is 372 g/mol. The molecule has 2 aromatic rings. The molecule has 5 rings (SSSR count). The van der Waals surface area contributed by atoms with Crippen LogP contribution in [0.2, 0.25) is 0 Å². The number of hydrogen-bond donors (Lipinski definition) is 2. The second-order valence-electron chi connectivity index (χ2n) is 7.94. The molecule has 0 unspecified atom stereocenters. The number of rotatable bonds is 3. The van der Waals surface area contributed by atoms with Gasteiger partial charge in [-0.05, 0) is 33.1 Å². The Balaban J connectivity index is 1.80. The highest BCUT2D eigenvalue weighted by molar-refractivity contribution is 5.93. The second kappa shape index (κ2) is 5.51. The molecule has 1 aliphatic carbocycles. The lowest BCUT2D eigenvalue weighted by molar-refractivity contribution is 0.0695. The van der Waals surface area contributed by atoms with Crippen LogP contribution in [0.15, 0.2) is 11.0 Å². The average Bonchev–Trinajstić information content (AvgIpc) is 3.28. The number of nitrogens with one attached hydrogen (secondary N) is 1. The van der Waals surface area contributed by atoms with Crippen molar-refractivity contribution in [2.24, 2.45) is 0 Å². The van der Waals surface area contributed by atoms with E-state index < -0.39 is 17.2 Å². The maximum atomic E-state index is 15.3. The number of fused-ring (bicyclic) bond motifs is 3. The molecule has 4 heterocycles. The molecule has 0 aromatic carbocycles. The number of aromatic nitrogens is 2. The van der Waals surface area contributed by atoms with Gasteiger partial charge in [0.25, 0.3) is 0 Å². The fourth-order valence-corrected chi connectivity index (χ4v) is 4.68. The van der Waals surface area contributed by atoms with Crippen LogP contribution in [-0.2, 0) is 0 Å². The molecule has 2 aromatic heterocycles. The Morgan fingerprint density at radius 2 is 2.11 bits per heavy atom. The molecule has 0 spiro atoms. The predicted molar refractivity (Wildman–Crippen MR) is 98.1 cm³/mol. The van der Waals surface area contributed by atoms with E-state index in [4.69, 9.17) is 0 Å². The topological polar surface area (TPSA) is 87.5 Å². The normalized spacial score (nSPS) is 26.9. The van der Waals surface area contributed by atoms with Crippen molar-refractivity contribution < 1.29 is 14.3 Å². The number of anilines is 1. The summed E-state index contributed by atoms with van der Waals surface area (Å²) in [6, 6.07) is 0.725. The van der Waals surface area contributed by atoms with Crippen molar-refractivity contribution in [2.45, 2.75) is 57.3 Å². The van der Waals surface area contributed by atoms with Crippen molar-refractivity contribution in [1.82, 2.24) is 14.9 Å². The van der Waals surface area contributed by atoms with Crippen molar-refractivity contribution >= 4 is 22.8 Å².